The summed E-state index contributed by atoms with van der Waals surface area (Å²) < 4.78 is 0.175. The van der Waals surface area contributed by atoms with Gasteiger partial charge in [0.25, 0.3) is 11.6 Å². The Bertz CT molecular complexity index is 645. The van der Waals surface area contributed by atoms with Crippen LogP contribution < -0.4 is 5.32 Å². The molecule has 1 heterocycles. The summed E-state index contributed by atoms with van der Waals surface area (Å²) in [5.41, 5.74) is 0.0853. The summed E-state index contributed by atoms with van der Waals surface area (Å²) in [5, 5.41) is 16.2. The van der Waals surface area contributed by atoms with E-state index >= 15 is 0 Å². The molecule has 2 aromatic rings. The molecule has 20 heavy (non-hydrogen) atoms. The maximum absolute atomic E-state index is 12.2. The van der Waals surface area contributed by atoms with E-state index in [9.17, 15) is 14.9 Å². The van der Waals surface area contributed by atoms with Crippen molar-refractivity contribution in [3.63, 3.8) is 0 Å². The minimum atomic E-state index is -0.537. The lowest BCUT2D eigenvalue weighted by molar-refractivity contribution is -0.385. The smallest absolute Gasteiger partial charge is 0.284 e. The highest BCUT2D eigenvalue weighted by atomic mass is 79.9. The van der Waals surface area contributed by atoms with Gasteiger partial charge in [-0.1, -0.05) is 6.07 Å². The molecule has 1 aromatic heterocycles. The van der Waals surface area contributed by atoms with E-state index in [0.29, 0.717) is 0 Å². The first-order chi connectivity index (χ1) is 9.50. The number of nitro benzene ring substituents is 1. The minimum Gasteiger partial charge on any atom is -0.343 e. The Morgan fingerprint density at radius 3 is 2.90 bits per heavy atom. The van der Waals surface area contributed by atoms with Crippen LogP contribution in [0.1, 0.15) is 28.3 Å². The number of halogens is 1. The molecule has 0 saturated carbocycles. The Hall–Kier alpha value is -1.80. The lowest BCUT2D eigenvalue weighted by atomic mass is 10.2. The largest absolute Gasteiger partial charge is 0.343 e. The van der Waals surface area contributed by atoms with E-state index < -0.39 is 4.92 Å². The molecule has 0 aliphatic carbocycles. The van der Waals surface area contributed by atoms with Crippen LogP contribution in [0.4, 0.5) is 5.69 Å². The van der Waals surface area contributed by atoms with Gasteiger partial charge in [-0.2, -0.15) is 0 Å². The second-order valence-corrected chi connectivity index (χ2v) is 5.68. The first kappa shape index (κ1) is 14.6. The number of hydrogen-bond acceptors (Lipinski definition) is 5. The van der Waals surface area contributed by atoms with Crippen molar-refractivity contribution in [3.05, 3.63) is 54.9 Å². The summed E-state index contributed by atoms with van der Waals surface area (Å²) in [4.78, 5) is 26.6. The Morgan fingerprint density at radius 2 is 2.30 bits per heavy atom. The number of thiazole rings is 1. The number of amides is 1. The molecule has 0 aliphatic rings. The van der Waals surface area contributed by atoms with Crippen LogP contribution in [0.3, 0.4) is 0 Å². The first-order valence-electron chi connectivity index (χ1n) is 5.64. The van der Waals surface area contributed by atoms with Crippen molar-refractivity contribution in [3.8, 4) is 0 Å². The molecule has 0 bridgehead atoms. The van der Waals surface area contributed by atoms with Crippen molar-refractivity contribution in [2.75, 3.05) is 0 Å². The van der Waals surface area contributed by atoms with Crippen LogP contribution >= 0.6 is 27.3 Å². The maximum atomic E-state index is 12.2. The van der Waals surface area contributed by atoms with Crippen LogP contribution in [-0.4, -0.2) is 15.8 Å². The van der Waals surface area contributed by atoms with E-state index in [1.807, 2.05) is 12.3 Å². The Kier molecular flexibility index (Phi) is 4.46. The van der Waals surface area contributed by atoms with Gasteiger partial charge >= 0.3 is 0 Å². The topological polar surface area (TPSA) is 85.1 Å². The number of nitrogens with one attached hydrogen (secondary N) is 1. The molecule has 0 saturated heterocycles. The predicted octanol–water partition coefficient (Wildman–Crippen LogP) is 3.30. The summed E-state index contributed by atoms with van der Waals surface area (Å²) in [7, 11) is 0. The van der Waals surface area contributed by atoms with Gasteiger partial charge in [0.2, 0.25) is 0 Å². The molecule has 104 valence electrons. The lowest BCUT2D eigenvalue weighted by Gasteiger charge is -2.12. The minimum absolute atomic E-state index is 0.139. The van der Waals surface area contributed by atoms with Gasteiger partial charge in [-0.25, -0.2) is 4.98 Å². The Labute approximate surface area is 127 Å². The summed E-state index contributed by atoms with van der Waals surface area (Å²) in [6.45, 7) is 1.81. The van der Waals surface area contributed by atoms with Gasteiger partial charge < -0.3 is 5.32 Å². The van der Waals surface area contributed by atoms with E-state index in [2.05, 4.69) is 26.2 Å². The van der Waals surface area contributed by atoms with Gasteiger partial charge in [-0.15, -0.1) is 11.3 Å². The molecular formula is C12H10BrN3O3S. The van der Waals surface area contributed by atoms with Crippen molar-refractivity contribution in [1.82, 2.24) is 10.3 Å². The second kappa shape index (κ2) is 6.10. The van der Waals surface area contributed by atoms with Crippen molar-refractivity contribution in [2.24, 2.45) is 0 Å². The zero-order valence-corrected chi connectivity index (χ0v) is 12.8. The SMILES string of the molecule is CC(NC(=O)c1cccc([N+](=O)[O-])c1Br)c1nccs1. The summed E-state index contributed by atoms with van der Waals surface area (Å²) in [5.74, 6) is -0.386. The first-order valence-corrected chi connectivity index (χ1v) is 7.31. The number of hydrogen-bond donors (Lipinski definition) is 1. The molecule has 0 aliphatic heterocycles. The zero-order valence-electron chi connectivity index (χ0n) is 10.4. The molecule has 0 spiro atoms. The highest BCUT2D eigenvalue weighted by molar-refractivity contribution is 9.10. The zero-order chi connectivity index (χ0) is 14.7. The molecule has 6 nitrogen and oxygen atoms in total. The maximum Gasteiger partial charge on any atom is 0.284 e. The second-order valence-electron chi connectivity index (χ2n) is 3.96. The number of aromatic nitrogens is 1. The molecule has 8 heteroatoms. The highest BCUT2D eigenvalue weighted by Gasteiger charge is 2.21. The Balaban J connectivity index is 2.22. The van der Waals surface area contributed by atoms with Crippen molar-refractivity contribution >= 4 is 38.9 Å². The fourth-order valence-corrected chi connectivity index (χ4v) is 2.86. The number of nitro groups is 1. The lowest BCUT2D eigenvalue weighted by Crippen LogP contribution is -2.27. The van der Waals surface area contributed by atoms with Crippen molar-refractivity contribution < 1.29 is 9.72 Å². The fraction of sp³-hybridized carbons (Fsp3) is 0.167. The van der Waals surface area contributed by atoms with Crippen LogP contribution in [0.15, 0.2) is 34.2 Å². The van der Waals surface area contributed by atoms with Gasteiger partial charge in [0.05, 0.1) is 16.5 Å². The van der Waals surface area contributed by atoms with Gasteiger partial charge in [-0.05, 0) is 28.9 Å². The molecule has 1 amide bonds. The standard InChI is InChI=1S/C12H10BrN3O3S/c1-7(12-14-5-6-20-12)15-11(17)8-3-2-4-9(10(8)13)16(18)19/h2-7H,1H3,(H,15,17). The normalized spacial score (nSPS) is 11.9. The average molecular weight is 356 g/mol. The third-order valence-electron chi connectivity index (χ3n) is 2.59. The number of carbonyl (C=O) groups excluding carboxylic acids is 1. The fourth-order valence-electron chi connectivity index (χ4n) is 1.62. The van der Waals surface area contributed by atoms with Gasteiger partial charge in [-0.3, -0.25) is 14.9 Å². The van der Waals surface area contributed by atoms with E-state index in [0.717, 1.165) is 5.01 Å². The van der Waals surface area contributed by atoms with Crippen LogP contribution in [-0.2, 0) is 0 Å². The quantitative estimate of drug-likeness (QED) is 0.673. The van der Waals surface area contributed by atoms with E-state index in [1.165, 1.54) is 29.5 Å². The van der Waals surface area contributed by atoms with E-state index in [4.69, 9.17) is 0 Å². The molecule has 0 radical (unpaired) electrons. The van der Waals surface area contributed by atoms with Gasteiger partial charge in [0, 0.05) is 17.6 Å². The van der Waals surface area contributed by atoms with Crippen LogP contribution in [0.25, 0.3) is 0 Å². The molecule has 2 rings (SSSR count). The van der Waals surface area contributed by atoms with Crippen LogP contribution in [0.5, 0.6) is 0 Å². The van der Waals surface area contributed by atoms with Crippen LogP contribution in [0.2, 0.25) is 0 Å². The number of carbonyl (C=O) groups is 1. The highest BCUT2D eigenvalue weighted by Crippen LogP contribution is 2.28. The summed E-state index contributed by atoms with van der Waals surface area (Å²) >= 11 is 4.54. The number of nitrogens with zero attached hydrogens (tertiary/aromatic N) is 2. The summed E-state index contributed by atoms with van der Waals surface area (Å²) in [6.07, 6.45) is 1.66. The molecular weight excluding hydrogens is 346 g/mol. The van der Waals surface area contributed by atoms with Crippen molar-refractivity contribution in [1.29, 1.82) is 0 Å². The van der Waals surface area contributed by atoms with Crippen LogP contribution in [0, 0.1) is 10.1 Å². The molecule has 1 N–H and O–H groups in total. The number of benzene rings is 1. The molecule has 0 fully saturated rings. The third-order valence-corrected chi connectivity index (χ3v) is 4.38. The third kappa shape index (κ3) is 3.02. The Morgan fingerprint density at radius 1 is 1.55 bits per heavy atom. The molecule has 1 unspecified atom stereocenters. The van der Waals surface area contributed by atoms with E-state index in [1.54, 1.807) is 6.20 Å². The molecule has 1 aromatic carbocycles. The summed E-state index contributed by atoms with van der Waals surface area (Å²) in [6, 6.07) is 4.09. The molecule has 1 atom stereocenters. The van der Waals surface area contributed by atoms with Gasteiger partial charge in [0.1, 0.15) is 9.48 Å². The van der Waals surface area contributed by atoms with Gasteiger partial charge in [0.15, 0.2) is 0 Å². The average Bonchev–Trinajstić information content (AvgIpc) is 2.92. The van der Waals surface area contributed by atoms with E-state index in [-0.39, 0.29) is 27.7 Å². The number of rotatable bonds is 4. The predicted molar refractivity (Wildman–Crippen MR) is 78.8 cm³/mol. The van der Waals surface area contributed by atoms with Crippen molar-refractivity contribution in [2.45, 2.75) is 13.0 Å². The monoisotopic (exact) mass is 355 g/mol.